The number of hydrogen-bond acceptors (Lipinski definition) is 11. The third-order valence-electron chi connectivity index (χ3n) is 3.76. The summed E-state index contributed by atoms with van der Waals surface area (Å²) in [5.41, 5.74) is -4.42. The summed E-state index contributed by atoms with van der Waals surface area (Å²) in [5.74, 6) is 0. The van der Waals surface area contributed by atoms with Crippen LogP contribution < -0.4 is 11.2 Å². The first-order valence-electron chi connectivity index (χ1n) is 8.80. The minimum absolute atomic E-state index is 0.0387. The van der Waals surface area contributed by atoms with Crippen molar-refractivity contribution < 1.29 is 64.1 Å². The number of H-pyrrole nitrogens is 1. The summed E-state index contributed by atoms with van der Waals surface area (Å²) in [5, 5.41) is 21.0. The van der Waals surface area contributed by atoms with Gasteiger partial charge in [0.25, 0.3) is 5.56 Å². The third-order valence-corrected chi connectivity index (χ3v) is 7.42. The van der Waals surface area contributed by atoms with Crippen LogP contribution in [0.15, 0.2) is 15.8 Å². The number of nitrogens with one attached hydrogen (secondary N) is 1. The maximum atomic E-state index is 12.1. The van der Waals surface area contributed by atoms with Crippen molar-refractivity contribution in [1.29, 1.82) is 0 Å². The predicted octanol–water partition coefficient (Wildman–Crippen LogP) is -1.80. The second-order valence-corrected chi connectivity index (χ2v) is 10.7. The van der Waals surface area contributed by atoms with E-state index in [1.807, 2.05) is 4.98 Å². The number of aliphatic hydroxyl groups excluding tert-OH is 1. The first-order valence-corrected chi connectivity index (χ1v) is 12.3. The lowest BCUT2D eigenvalue weighted by Gasteiger charge is -2.27. The number of hydrogen-bond donors (Lipinski definition) is 7. The van der Waals surface area contributed by atoms with Crippen LogP contribution in [0.25, 0.3) is 0 Å². The average molecular weight is 514 g/mol. The molecular formula is C11H19N2O15P3. The lowest BCUT2D eigenvalue weighted by Crippen LogP contribution is -2.47. The van der Waals surface area contributed by atoms with Gasteiger partial charge in [0.05, 0.1) is 9.30 Å². The fourth-order valence-electron chi connectivity index (χ4n) is 2.42. The minimum atomic E-state index is -6.00. The van der Waals surface area contributed by atoms with Crippen LogP contribution in [0.1, 0.15) is 21.5 Å². The Morgan fingerprint density at radius 3 is 2.35 bits per heavy atom. The molecule has 7 N–H and O–H groups in total. The van der Waals surface area contributed by atoms with Crippen molar-refractivity contribution in [3.63, 3.8) is 0 Å². The van der Waals surface area contributed by atoms with Gasteiger partial charge in [-0.15, -0.1) is 0 Å². The molecule has 2 rings (SSSR count). The van der Waals surface area contributed by atoms with Crippen LogP contribution in [0.2, 0.25) is 0 Å². The van der Waals surface area contributed by atoms with Crippen molar-refractivity contribution in [2.24, 2.45) is 0 Å². The van der Waals surface area contributed by atoms with Gasteiger partial charge >= 0.3 is 29.2 Å². The van der Waals surface area contributed by atoms with Gasteiger partial charge in [0.15, 0.2) is 6.23 Å². The van der Waals surface area contributed by atoms with Crippen LogP contribution in [0.5, 0.6) is 0 Å². The van der Waals surface area contributed by atoms with E-state index in [9.17, 15) is 38.4 Å². The Labute approximate surface area is 175 Å². The SMILES string of the molecule is [2H]C([2H])(OP(=O)(O)OP(=O)(O)OP(=O)(O)O)[C@H]1O[C@@H](n2cc(C)c(=O)[nH]c2=O)[C@](C)(O)[C@@H]1O. The molecule has 1 aliphatic heterocycles. The molecule has 0 aliphatic carbocycles. The summed E-state index contributed by atoms with van der Waals surface area (Å²) in [6.07, 6.45) is -5.58. The first-order chi connectivity index (χ1) is 14.6. The number of aromatic amines is 1. The summed E-state index contributed by atoms with van der Waals surface area (Å²) in [6, 6.07) is 0. The number of aromatic nitrogens is 2. The Bertz CT molecular complexity index is 1170. The zero-order valence-electron chi connectivity index (χ0n) is 17.5. The molecule has 0 spiro atoms. The van der Waals surface area contributed by atoms with Crippen LogP contribution in [0.3, 0.4) is 0 Å². The van der Waals surface area contributed by atoms with E-state index in [0.29, 0.717) is 4.57 Å². The summed E-state index contributed by atoms with van der Waals surface area (Å²) >= 11 is 0. The Balaban J connectivity index is 2.34. The first kappa shape index (κ1) is 23.1. The molecule has 1 aliphatic rings. The Morgan fingerprint density at radius 1 is 1.23 bits per heavy atom. The molecule has 1 aromatic heterocycles. The quantitative estimate of drug-likeness (QED) is 0.189. The van der Waals surface area contributed by atoms with E-state index in [2.05, 4.69) is 13.1 Å². The fraction of sp³-hybridized carbons (Fsp3) is 0.636. The average Bonchev–Trinajstić information content (AvgIpc) is 2.77. The molecule has 17 nitrogen and oxygen atoms in total. The van der Waals surface area contributed by atoms with Gasteiger partial charge in [-0.3, -0.25) is 18.9 Å². The molecule has 1 aromatic rings. The molecule has 0 radical (unpaired) electrons. The van der Waals surface area contributed by atoms with Gasteiger partial charge in [-0.05, 0) is 13.8 Å². The van der Waals surface area contributed by atoms with Crippen molar-refractivity contribution in [1.82, 2.24) is 9.55 Å². The van der Waals surface area contributed by atoms with Gasteiger partial charge in [0, 0.05) is 11.8 Å². The molecule has 1 saturated heterocycles. The van der Waals surface area contributed by atoms with E-state index >= 15 is 0 Å². The van der Waals surface area contributed by atoms with Crippen LogP contribution in [0, 0.1) is 6.92 Å². The van der Waals surface area contributed by atoms with Gasteiger partial charge in [-0.2, -0.15) is 8.62 Å². The second-order valence-electron chi connectivity index (χ2n) is 6.36. The number of aryl methyl sites for hydroxylation is 1. The largest absolute Gasteiger partial charge is 0.490 e. The molecule has 6 atom stereocenters. The molecule has 0 amide bonds. The monoisotopic (exact) mass is 514 g/mol. The van der Waals surface area contributed by atoms with E-state index in [1.165, 1.54) is 6.92 Å². The highest BCUT2D eigenvalue weighted by Gasteiger charge is 2.54. The fourth-order valence-corrected chi connectivity index (χ4v) is 5.29. The number of phosphoric acid groups is 3. The van der Waals surface area contributed by atoms with Gasteiger partial charge in [0.2, 0.25) is 0 Å². The zero-order chi connectivity index (χ0) is 25.8. The molecule has 2 unspecified atom stereocenters. The molecule has 178 valence electrons. The standard InChI is InChI=1S/C11H19N2O15P3/c1-5-3-13(10(16)12-8(5)15)9-11(2,17)7(14)6(26-9)4-25-30(21,22)28-31(23,24)27-29(18,19)20/h3,6-7,9,14,17H,4H2,1-2H3,(H,21,22)(H,23,24)(H,12,15,16)(H2,18,19,20)/t6-,7-,9-,11-/m1/s1/i4D2. The molecule has 0 saturated carbocycles. The summed E-state index contributed by atoms with van der Waals surface area (Å²) < 4.78 is 66.3. The number of ether oxygens (including phenoxy) is 1. The van der Waals surface area contributed by atoms with Crippen LogP contribution in [-0.2, 0) is 31.6 Å². The number of rotatable bonds is 8. The van der Waals surface area contributed by atoms with Crippen LogP contribution in [-0.4, -0.2) is 63.7 Å². The van der Waals surface area contributed by atoms with E-state index in [-0.39, 0.29) is 5.56 Å². The van der Waals surface area contributed by atoms with Crippen molar-refractivity contribution in [3.8, 4) is 0 Å². The highest BCUT2D eigenvalue weighted by Crippen LogP contribution is 2.66. The second kappa shape index (κ2) is 8.72. The highest BCUT2D eigenvalue weighted by atomic mass is 31.3. The lowest BCUT2D eigenvalue weighted by atomic mass is 9.96. The Hall–Kier alpha value is -1.03. The summed E-state index contributed by atoms with van der Waals surface area (Å²) in [6.45, 7) is -1.43. The lowest BCUT2D eigenvalue weighted by molar-refractivity contribution is -0.0986. The van der Waals surface area contributed by atoms with Gasteiger partial charge in [-0.1, -0.05) is 0 Å². The molecule has 0 bridgehead atoms. The predicted molar refractivity (Wildman–Crippen MR) is 96.4 cm³/mol. The Morgan fingerprint density at radius 2 is 1.81 bits per heavy atom. The maximum absolute atomic E-state index is 12.1. The van der Waals surface area contributed by atoms with Crippen molar-refractivity contribution >= 4 is 23.5 Å². The molecule has 20 heteroatoms. The van der Waals surface area contributed by atoms with E-state index in [1.54, 1.807) is 0 Å². The Kier molecular flexibility index (Phi) is 6.51. The van der Waals surface area contributed by atoms with E-state index < -0.39 is 65.3 Å². The zero-order valence-corrected chi connectivity index (χ0v) is 18.1. The van der Waals surface area contributed by atoms with Crippen molar-refractivity contribution in [2.45, 2.75) is 37.9 Å². The number of aliphatic hydroxyl groups is 2. The highest BCUT2D eigenvalue weighted by molar-refractivity contribution is 7.66. The third kappa shape index (κ3) is 6.49. The molecule has 1 fully saturated rings. The molecular weight excluding hydrogens is 493 g/mol. The topological polar surface area (TPSA) is 264 Å². The van der Waals surface area contributed by atoms with E-state index in [0.717, 1.165) is 13.1 Å². The normalized spacial score (nSPS) is 32.1. The minimum Gasteiger partial charge on any atom is -0.387 e. The van der Waals surface area contributed by atoms with Crippen molar-refractivity contribution in [3.05, 3.63) is 32.6 Å². The molecule has 0 aromatic carbocycles. The smallest absolute Gasteiger partial charge is 0.387 e. The number of nitrogens with zero attached hydrogens (tertiary/aromatic N) is 1. The van der Waals surface area contributed by atoms with Crippen molar-refractivity contribution in [2.75, 3.05) is 6.56 Å². The van der Waals surface area contributed by atoms with Crippen LogP contribution in [0.4, 0.5) is 0 Å². The van der Waals surface area contributed by atoms with Crippen LogP contribution >= 0.6 is 23.5 Å². The maximum Gasteiger partial charge on any atom is 0.490 e. The summed E-state index contributed by atoms with van der Waals surface area (Å²) in [7, 11) is -17.7. The molecule has 31 heavy (non-hydrogen) atoms. The van der Waals surface area contributed by atoms with Gasteiger partial charge in [0.1, 0.15) is 17.8 Å². The summed E-state index contributed by atoms with van der Waals surface area (Å²) in [4.78, 5) is 61.2. The number of phosphoric ester groups is 1. The molecule has 2 heterocycles. The van der Waals surface area contributed by atoms with Gasteiger partial charge < -0.3 is 34.5 Å². The van der Waals surface area contributed by atoms with Gasteiger partial charge in [-0.25, -0.2) is 18.5 Å². The van der Waals surface area contributed by atoms with E-state index in [4.69, 9.17) is 22.2 Å².